The Morgan fingerprint density at radius 1 is 1.16 bits per heavy atom. The molecule has 2 amide bonds. The number of halogens is 1. The summed E-state index contributed by atoms with van der Waals surface area (Å²) in [7, 11) is 1.57. The molecule has 1 aliphatic heterocycles. The van der Waals surface area contributed by atoms with Gasteiger partial charge in [-0.2, -0.15) is 0 Å². The van der Waals surface area contributed by atoms with Crippen molar-refractivity contribution < 1.29 is 23.1 Å². The van der Waals surface area contributed by atoms with Crippen LogP contribution in [0.1, 0.15) is 30.2 Å². The maximum absolute atomic E-state index is 13.6. The molecule has 2 heterocycles. The van der Waals surface area contributed by atoms with Crippen LogP contribution in [0.3, 0.4) is 0 Å². The minimum Gasteiger partial charge on any atom is -0.497 e. The van der Waals surface area contributed by atoms with Crippen LogP contribution < -0.4 is 15.0 Å². The summed E-state index contributed by atoms with van der Waals surface area (Å²) in [6.07, 6.45) is 2.19. The maximum atomic E-state index is 13.6. The average Bonchev–Trinajstić information content (AvgIpc) is 3.32. The first-order chi connectivity index (χ1) is 15.1. The Balaban J connectivity index is 1.68. The highest BCUT2D eigenvalue weighted by Gasteiger charge is 2.41. The number of nitrogens with one attached hydrogen (secondary N) is 1. The summed E-state index contributed by atoms with van der Waals surface area (Å²) >= 11 is 0. The molecular formula is C24H23FN2O4. The Hall–Kier alpha value is -3.61. The number of ether oxygens (including phenoxy) is 1. The quantitative estimate of drug-likeness (QED) is 0.645. The number of hydrogen-bond donors (Lipinski definition) is 1. The summed E-state index contributed by atoms with van der Waals surface area (Å²) in [5, 5.41) is 2.91. The molecule has 2 atom stereocenters. The van der Waals surface area contributed by atoms with Gasteiger partial charge in [-0.1, -0.05) is 12.1 Å². The molecule has 160 valence electrons. The van der Waals surface area contributed by atoms with Crippen molar-refractivity contribution >= 4 is 17.5 Å². The van der Waals surface area contributed by atoms with Crippen molar-refractivity contribution in [3.05, 3.63) is 84.1 Å². The van der Waals surface area contributed by atoms with E-state index >= 15 is 0 Å². The van der Waals surface area contributed by atoms with Gasteiger partial charge in [-0.25, -0.2) is 4.39 Å². The Bertz CT molecular complexity index is 1030. The van der Waals surface area contributed by atoms with E-state index < -0.39 is 12.0 Å². The molecule has 1 fully saturated rings. The zero-order chi connectivity index (χ0) is 21.8. The van der Waals surface area contributed by atoms with E-state index in [9.17, 15) is 14.0 Å². The number of benzene rings is 2. The minimum atomic E-state index is -0.563. The van der Waals surface area contributed by atoms with Crippen LogP contribution in [-0.2, 0) is 16.1 Å². The van der Waals surface area contributed by atoms with Crippen molar-refractivity contribution in [2.75, 3.05) is 12.0 Å². The number of piperidine rings is 1. The predicted octanol–water partition coefficient (Wildman–Crippen LogP) is 4.23. The first kappa shape index (κ1) is 20.7. The van der Waals surface area contributed by atoms with E-state index in [-0.39, 0.29) is 30.6 Å². The summed E-state index contributed by atoms with van der Waals surface area (Å²) in [6, 6.07) is 16.0. The van der Waals surface area contributed by atoms with Crippen LogP contribution in [0.2, 0.25) is 0 Å². The standard InChI is InChI=1S/C24H23FN2O4/c1-30-19-10-8-18(9-11-19)27-22(28)13-12-21(23(27)16-4-6-17(25)7-5-16)24(29)26-15-20-3-2-14-31-20/h2-11,14,21,23H,12-13,15H2,1H3,(H,26,29). The molecule has 1 saturated heterocycles. The lowest BCUT2D eigenvalue weighted by atomic mass is 9.83. The monoisotopic (exact) mass is 422 g/mol. The van der Waals surface area contributed by atoms with Gasteiger partial charge < -0.3 is 19.4 Å². The topological polar surface area (TPSA) is 71.8 Å². The number of nitrogens with zero attached hydrogens (tertiary/aromatic N) is 1. The SMILES string of the molecule is COc1ccc(N2C(=O)CCC(C(=O)NCc3ccco3)C2c2ccc(F)cc2)cc1. The van der Waals surface area contributed by atoms with Crippen molar-refractivity contribution in [2.24, 2.45) is 5.92 Å². The van der Waals surface area contributed by atoms with E-state index in [1.54, 1.807) is 66.8 Å². The van der Waals surface area contributed by atoms with Gasteiger partial charge in [0.05, 0.1) is 31.9 Å². The normalized spacial score (nSPS) is 18.6. The molecule has 3 aromatic rings. The lowest BCUT2D eigenvalue weighted by molar-refractivity contribution is -0.129. The van der Waals surface area contributed by atoms with Crippen LogP contribution in [0.4, 0.5) is 10.1 Å². The van der Waals surface area contributed by atoms with Crippen molar-refractivity contribution in [1.82, 2.24) is 5.32 Å². The Morgan fingerprint density at radius 3 is 2.55 bits per heavy atom. The Kier molecular flexibility index (Phi) is 6.02. The Morgan fingerprint density at radius 2 is 1.90 bits per heavy atom. The molecule has 0 saturated carbocycles. The van der Waals surface area contributed by atoms with Gasteiger partial charge in [-0.05, 0) is 60.5 Å². The van der Waals surface area contributed by atoms with E-state index in [1.807, 2.05) is 0 Å². The van der Waals surface area contributed by atoms with Crippen LogP contribution in [0.25, 0.3) is 0 Å². The number of anilines is 1. The van der Waals surface area contributed by atoms with Crippen LogP contribution in [0.5, 0.6) is 5.75 Å². The number of rotatable bonds is 6. The fraction of sp³-hybridized carbons (Fsp3) is 0.250. The molecule has 2 aromatic carbocycles. The van der Waals surface area contributed by atoms with Crippen molar-refractivity contribution in [2.45, 2.75) is 25.4 Å². The molecule has 1 aromatic heterocycles. The van der Waals surface area contributed by atoms with E-state index in [0.717, 1.165) is 0 Å². The summed E-state index contributed by atoms with van der Waals surface area (Å²) in [5.41, 5.74) is 1.35. The molecule has 0 radical (unpaired) electrons. The molecule has 2 unspecified atom stereocenters. The number of furan rings is 1. The first-order valence-electron chi connectivity index (χ1n) is 10.1. The molecule has 0 bridgehead atoms. The van der Waals surface area contributed by atoms with Gasteiger partial charge in [0.2, 0.25) is 11.8 Å². The third-order valence-electron chi connectivity index (χ3n) is 5.51. The maximum Gasteiger partial charge on any atom is 0.227 e. The van der Waals surface area contributed by atoms with E-state index in [4.69, 9.17) is 9.15 Å². The molecule has 4 rings (SSSR count). The fourth-order valence-electron chi connectivity index (χ4n) is 3.97. The third-order valence-corrected chi connectivity index (χ3v) is 5.51. The van der Waals surface area contributed by atoms with E-state index in [0.29, 0.717) is 29.2 Å². The number of methoxy groups -OCH3 is 1. The smallest absolute Gasteiger partial charge is 0.227 e. The largest absolute Gasteiger partial charge is 0.497 e. The van der Waals surface area contributed by atoms with Gasteiger partial charge in [-0.3, -0.25) is 9.59 Å². The number of carbonyl (C=O) groups is 2. The van der Waals surface area contributed by atoms with E-state index in [2.05, 4.69) is 5.32 Å². The second-order valence-corrected chi connectivity index (χ2v) is 7.40. The van der Waals surface area contributed by atoms with Crippen LogP contribution in [0, 0.1) is 11.7 Å². The fourth-order valence-corrected chi connectivity index (χ4v) is 3.97. The van der Waals surface area contributed by atoms with Gasteiger partial charge in [0.25, 0.3) is 0 Å². The zero-order valence-corrected chi connectivity index (χ0v) is 17.1. The summed E-state index contributed by atoms with van der Waals surface area (Å²) in [4.78, 5) is 27.8. The van der Waals surface area contributed by atoms with Crippen LogP contribution >= 0.6 is 0 Å². The second kappa shape index (κ2) is 9.04. The van der Waals surface area contributed by atoms with E-state index in [1.165, 1.54) is 12.1 Å². The van der Waals surface area contributed by atoms with Crippen LogP contribution in [-0.4, -0.2) is 18.9 Å². The molecule has 1 aliphatic rings. The van der Waals surface area contributed by atoms with Gasteiger partial charge >= 0.3 is 0 Å². The highest BCUT2D eigenvalue weighted by Crippen LogP contribution is 2.40. The zero-order valence-electron chi connectivity index (χ0n) is 17.1. The second-order valence-electron chi connectivity index (χ2n) is 7.40. The highest BCUT2D eigenvalue weighted by molar-refractivity contribution is 5.97. The molecule has 7 heteroatoms. The van der Waals surface area contributed by atoms with Gasteiger partial charge in [0.1, 0.15) is 17.3 Å². The molecule has 1 N–H and O–H groups in total. The first-order valence-corrected chi connectivity index (χ1v) is 10.1. The molecule has 31 heavy (non-hydrogen) atoms. The van der Waals surface area contributed by atoms with Gasteiger partial charge in [0.15, 0.2) is 0 Å². The minimum absolute atomic E-state index is 0.0884. The average molecular weight is 422 g/mol. The highest BCUT2D eigenvalue weighted by atomic mass is 19.1. The lowest BCUT2D eigenvalue weighted by Gasteiger charge is -2.41. The number of amides is 2. The van der Waals surface area contributed by atoms with Crippen molar-refractivity contribution in [1.29, 1.82) is 0 Å². The molecule has 0 aliphatic carbocycles. The number of hydrogen-bond acceptors (Lipinski definition) is 4. The van der Waals surface area contributed by atoms with Crippen LogP contribution in [0.15, 0.2) is 71.3 Å². The van der Waals surface area contributed by atoms with Crippen molar-refractivity contribution in [3.63, 3.8) is 0 Å². The third kappa shape index (κ3) is 4.45. The molecular weight excluding hydrogens is 399 g/mol. The van der Waals surface area contributed by atoms with Crippen molar-refractivity contribution in [3.8, 4) is 5.75 Å². The molecule has 0 spiro atoms. The summed E-state index contributed by atoms with van der Waals surface area (Å²) in [6.45, 7) is 0.259. The van der Waals surface area contributed by atoms with Gasteiger partial charge in [-0.15, -0.1) is 0 Å². The lowest BCUT2D eigenvalue weighted by Crippen LogP contribution is -2.48. The predicted molar refractivity (Wildman–Crippen MR) is 113 cm³/mol. The Labute approximate surface area is 179 Å². The summed E-state index contributed by atoms with van der Waals surface area (Å²) in [5.74, 6) is 0.164. The van der Waals surface area contributed by atoms with Gasteiger partial charge in [0, 0.05) is 12.1 Å². The summed E-state index contributed by atoms with van der Waals surface area (Å²) < 4.78 is 24.1. The number of carbonyl (C=O) groups excluding carboxylic acids is 2. The molecule has 6 nitrogen and oxygen atoms in total.